The molecule has 10 heteroatoms. The summed E-state index contributed by atoms with van der Waals surface area (Å²) < 4.78 is 41.6. The van der Waals surface area contributed by atoms with Crippen LogP contribution in [-0.2, 0) is 11.0 Å². The zero-order valence-corrected chi connectivity index (χ0v) is 19.0. The van der Waals surface area contributed by atoms with Gasteiger partial charge in [0.15, 0.2) is 5.16 Å². The number of nitrogens with zero attached hydrogens (tertiary/aromatic N) is 3. The quantitative estimate of drug-likeness (QED) is 0.372. The van der Waals surface area contributed by atoms with Crippen molar-refractivity contribution >= 4 is 40.9 Å². The molecule has 3 aromatic rings. The van der Waals surface area contributed by atoms with E-state index in [0.29, 0.717) is 26.5 Å². The third-order valence-corrected chi connectivity index (χ3v) is 6.84. The van der Waals surface area contributed by atoms with E-state index in [1.165, 1.54) is 17.8 Å². The first-order valence-electron chi connectivity index (χ1n) is 9.85. The third kappa shape index (κ3) is 4.92. The van der Waals surface area contributed by atoms with Crippen molar-refractivity contribution in [1.29, 1.82) is 0 Å². The topological polar surface area (TPSA) is 38.1 Å². The third-order valence-electron chi connectivity index (χ3n) is 5.16. The predicted molar refractivity (Wildman–Crippen MR) is 121 cm³/mol. The number of rotatable bonds is 5. The van der Waals surface area contributed by atoms with Crippen molar-refractivity contribution in [2.24, 2.45) is 0 Å². The zero-order valence-electron chi connectivity index (χ0n) is 16.7. The molecule has 0 atom stereocenters. The van der Waals surface area contributed by atoms with Gasteiger partial charge in [-0.1, -0.05) is 47.1 Å². The Labute approximate surface area is 197 Å². The Bertz CT molecular complexity index is 1140. The Morgan fingerprint density at radius 1 is 1.06 bits per heavy atom. The van der Waals surface area contributed by atoms with Gasteiger partial charge in [0, 0.05) is 24.3 Å². The van der Waals surface area contributed by atoms with Crippen molar-refractivity contribution in [2.45, 2.75) is 24.2 Å². The van der Waals surface area contributed by atoms with Crippen LogP contribution in [0.25, 0.3) is 16.9 Å². The Kier molecular flexibility index (Phi) is 6.74. The number of hydrogen-bond donors (Lipinski definition) is 0. The number of alkyl halides is 3. The first kappa shape index (κ1) is 23.0. The maximum Gasteiger partial charge on any atom is 0.416 e. The van der Waals surface area contributed by atoms with E-state index in [4.69, 9.17) is 23.2 Å². The Morgan fingerprint density at radius 2 is 1.81 bits per heavy atom. The molecule has 32 heavy (non-hydrogen) atoms. The second kappa shape index (κ2) is 9.37. The van der Waals surface area contributed by atoms with Gasteiger partial charge in [-0.2, -0.15) is 13.2 Å². The number of hydrogen-bond acceptors (Lipinski definition) is 3. The number of benzene rings is 2. The smallest absolute Gasteiger partial charge is 0.342 e. The van der Waals surface area contributed by atoms with E-state index >= 15 is 0 Å². The first-order valence-corrected chi connectivity index (χ1v) is 11.6. The van der Waals surface area contributed by atoms with Gasteiger partial charge in [0.05, 0.1) is 33.3 Å². The molecule has 1 amide bonds. The molecule has 0 radical (unpaired) electrons. The number of halogens is 5. The molecule has 2 aromatic carbocycles. The van der Waals surface area contributed by atoms with Gasteiger partial charge < -0.3 is 4.90 Å². The molecule has 0 aliphatic carbocycles. The van der Waals surface area contributed by atoms with Crippen LogP contribution in [0.5, 0.6) is 0 Å². The van der Waals surface area contributed by atoms with Crippen LogP contribution in [0.15, 0.2) is 53.8 Å². The van der Waals surface area contributed by atoms with Gasteiger partial charge in [-0.15, -0.1) is 0 Å². The van der Waals surface area contributed by atoms with Gasteiger partial charge in [-0.3, -0.25) is 9.36 Å². The molecule has 1 aromatic heterocycles. The van der Waals surface area contributed by atoms with Gasteiger partial charge in [-0.25, -0.2) is 4.98 Å². The monoisotopic (exact) mass is 499 g/mol. The summed E-state index contributed by atoms with van der Waals surface area (Å²) in [5, 5.41) is 1.10. The van der Waals surface area contributed by atoms with Crippen molar-refractivity contribution in [3.63, 3.8) is 0 Å². The van der Waals surface area contributed by atoms with Crippen LogP contribution in [0, 0.1) is 0 Å². The highest BCUT2D eigenvalue weighted by Gasteiger charge is 2.31. The number of amides is 1. The molecule has 0 saturated carbocycles. The van der Waals surface area contributed by atoms with Crippen LogP contribution in [0.1, 0.15) is 18.4 Å². The summed E-state index contributed by atoms with van der Waals surface area (Å²) in [6.07, 6.45) is -0.963. The van der Waals surface area contributed by atoms with E-state index in [2.05, 4.69) is 4.98 Å². The maximum atomic E-state index is 13.3. The van der Waals surface area contributed by atoms with Crippen LogP contribution in [0.4, 0.5) is 13.2 Å². The van der Waals surface area contributed by atoms with Crippen LogP contribution in [-0.4, -0.2) is 39.2 Å². The summed E-state index contributed by atoms with van der Waals surface area (Å²) >= 11 is 13.4. The summed E-state index contributed by atoms with van der Waals surface area (Å²) in [7, 11) is 0. The van der Waals surface area contributed by atoms with E-state index < -0.39 is 11.7 Å². The van der Waals surface area contributed by atoms with Crippen molar-refractivity contribution in [3.8, 4) is 16.9 Å². The lowest BCUT2D eigenvalue weighted by Crippen LogP contribution is -2.29. The van der Waals surface area contributed by atoms with Crippen molar-refractivity contribution in [3.05, 3.63) is 64.3 Å². The summed E-state index contributed by atoms with van der Waals surface area (Å²) in [6, 6.07) is 9.98. The van der Waals surface area contributed by atoms with Gasteiger partial charge in [-0.05, 0) is 43.2 Å². The van der Waals surface area contributed by atoms with E-state index in [1.807, 2.05) is 0 Å². The Morgan fingerprint density at radius 3 is 2.50 bits per heavy atom. The van der Waals surface area contributed by atoms with Gasteiger partial charge >= 0.3 is 6.18 Å². The minimum Gasteiger partial charge on any atom is -0.342 e. The van der Waals surface area contributed by atoms with Crippen molar-refractivity contribution in [2.75, 3.05) is 18.8 Å². The van der Waals surface area contributed by atoms with Crippen LogP contribution < -0.4 is 0 Å². The van der Waals surface area contributed by atoms with Gasteiger partial charge in [0.2, 0.25) is 5.91 Å². The predicted octanol–water partition coefficient (Wildman–Crippen LogP) is 6.58. The van der Waals surface area contributed by atoms with Crippen LogP contribution in [0.2, 0.25) is 10.0 Å². The summed E-state index contributed by atoms with van der Waals surface area (Å²) in [5.41, 5.74) is 0.698. The first-order chi connectivity index (χ1) is 15.2. The van der Waals surface area contributed by atoms with Crippen molar-refractivity contribution in [1.82, 2.24) is 14.5 Å². The van der Waals surface area contributed by atoms with E-state index in [1.54, 1.807) is 39.9 Å². The van der Waals surface area contributed by atoms with E-state index in [0.717, 1.165) is 38.1 Å². The summed E-state index contributed by atoms with van der Waals surface area (Å²) in [4.78, 5) is 18.7. The summed E-state index contributed by atoms with van der Waals surface area (Å²) in [6.45, 7) is 1.46. The second-order valence-corrected chi connectivity index (χ2v) is 9.07. The van der Waals surface area contributed by atoms with Crippen LogP contribution in [0.3, 0.4) is 0 Å². The zero-order chi connectivity index (χ0) is 22.9. The molecule has 4 nitrogen and oxygen atoms in total. The molecule has 168 valence electrons. The fourth-order valence-electron chi connectivity index (χ4n) is 3.55. The lowest BCUT2D eigenvalue weighted by molar-refractivity contribution is -0.137. The minimum absolute atomic E-state index is 0.0119. The fraction of sp³-hybridized carbons (Fsp3) is 0.273. The molecule has 0 bridgehead atoms. The van der Waals surface area contributed by atoms with Crippen molar-refractivity contribution < 1.29 is 18.0 Å². The number of carbonyl (C=O) groups excluding carboxylic acids is 1. The Balaban J connectivity index is 1.74. The second-order valence-electron chi connectivity index (χ2n) is 7.31. The molecular weight excluding hydrogens is 482 g/mol. The molecule has 0 unspecified atom stereocenters. The molecule has 2 heterocycles. The minimum atomic E-state index is -4.49. The number of likely N-dealkylation sites (tertiary alicyclic amines) is 1. The lowest BCUT2D eigenvalue weighted by atomic mass is 10.1. The molecule has 0 N–H and O–H groups in total. The number of aromatic nitrogens is 2. The molecule has 1 fully saturated rings. The molecule has 1 aliphatic heterocycles. The number of imidazole rings is 1. The average Bonchev–Trinajstić information content (AvgIpc) is 3.44. The number of carbonyl (C=O) groups is 1. The average molecular weight is 500 g/mol. The lowest BCUT2D eigenvalue weighted by Gasteiger charge is -2.16. The largest absolute Gasteiger partial charge is 0.416 e. The van der Waals surface area contributed by atoms with E-state index in [-0.39, 0.29) is 17.3 Å². The highest BCUT2D eigenvalue weighted by molar-refractivity contribution is 7.99. The SMILES string of the molecule is O=C(CSc1ncc(-c2ccc(Cl)c(Cl)c2)n1-c1cccc(C(F)(F)F)c1)N1CCCC1. The fourth-order valence-corrected chi connectivity index (χ4v) is 4.74. The van der Waals surface area contributed by atoms with Gasteiger partial charge in [0.25, 0.3) is 0 Å². The van der Waals surface area contributed by atoms with Gasteiger partial charge in [0.1, 0.15) is 0 Å². The summed E-state index contributed by atoms with van der Waals surface area (Å²) in [5.74, 6) is 0.138. The highest BCUT2D eigenvalue weighted by atomic mass is 35.5. The Hall–Kier alpha value is -2.16. The number of thioether (sulfide) groups is 1. The molecular formula is C22H18Cl2F3N3OS. The molecule has 1 aliphatic rings. The highest BCUT2D eigenvalue weighted by Crippen LogP contribution is 2.36. The normalized spacial score (nSPS) is 14.2. The maximum absolute atomic E-state index is 13.3. The standard InChI is InChI=1S/C22H18Cl2F3N3OS/c23-17-7-6-14(10-18(17)24)19-12-28-21(32-13-20(31)29-8-1-2-9-29)30(19)16-5-3-4-15(11-16)22(25,26)27/h3-7,10-12H,1-2,8-9,13H2. The molecule has 0 spiro atoms. The van der Waals surface area contributed by atoms with E-state index in [9.17, 15) is 18.0 Å². The van der Waals surface area contributed by atoms with Crippen LogP contribution >= 0.6 is 35.0 Å². The molecule has 1 saturated heterocycles. The molecule has 4 rings (SSSR count).